The van der Waals surface area contributed by atoms with Crippen molar-refractivity contribution >= 4 is 29.1 Å². The van der Waals surface area contributed by atoms with Gasteiger partial charge in [-0.25, -0.2) is 18.0 Å². The molecule has 1 aliphatic carbocycles. The Bertz CT molecular complexity index is 1900. The lowest BCUT2D eigenvalue weighted by Gasteiger charge is -2.43. The molecule has 3 aromatic carbocycles. The summed E-state index contributed by atoms with van der Waals surface area (Å²) in [5.41, 5.74) is 4.91. The summed E-state index contributed by atoms with van der Waals surface area (Å²) in [5, 5.41) is 3.24. The van der Waals surface area contributed by atoms with E-state index in [1.165, 1.54) is 12.1 Å². The third kappa shape index (κ3) is 7.28. The molecule has 1 N–H and O–H groups in total. The molecular formula is C43H51F3N4O4. The maximum Gasteiger partial charge on any atom is 0.414 e. The number of ether oxygens (including phenoxy) is 2. The van der Waals surface area contributed by atoms with Gasteiger partial charge in [0, 0.05) is 62.9 Å². The molecule has 3 fully saturated rings. The summed E-state index contributed by atoms with van der Waals surface area (Å²) in [6.07, 6.45) is 5.65. The van der Waals surface area contributed by atoms with Crippen LogP contribution in [0.25, 0.3) is 0 Å². The quantitative estimate of drug-likeness (QED) is 0.265. The van der Waals surface area contributed by atoms with E-state index < -0.39 is 17.2 Å². The van der Waals surface area contributed by atoms with Crippen molar-refractivity contribution in [2.45, 2.75) is 101 Å². The summed E-state index contributed by atoms with van der Waals surface area (Å²) >= 11 is 0. The molecule has 2 amide bonds. The average molecular weight is 745 g/mol. The first kappa shape index (κ1) is 36.7. The molecule has 1 spiro atoms. The van der Waals surface area contributed by atoms with Crippen molar-refractivity contribution in [3.63, 3.8) is 0 Å². The molecular weight excluding hydrogens is 693 g/mol. The first-order valence-electron chi connectivity index (χ1n) is 19.6. The van der Waals surface area contributed by atoms with Crippen LogP contribution in [-0.4, -0.2) is 69.1 Å². The maximum absolute atomic E-state index is 14.9. The zero-order valence-corrected chi connectivity index (χ0v) is 31.5. The van der Waals surface area contributed by atoms with Gasteiger partial charge in [0.25, 0.3) is 0 Å². The van der Waals surface area contributed by atoms with E-state index in [2.05, 4.69) is 33.3 Å². The van der Waals surface area contributed by atoms with Crippen LogP contribution in [0.5, 0.6) is 0 Å². The van der Waals surface area contributed by atoms with Gasteiger partial charge in [0.05, 0.1) is 18.0 Å². The lowest BCUT2D eigenvalue weighted by Crippen LogP contribution is -2.49. The van der Waals surface area contributed by atoms with Crippen LogP contribution in [0.3, 0.4) is 0 Å². The van der Waals surface area contributed by atoms with Gasteiger partial charge in [0.1, 0.15) is 11.4 Å². The molecule has 3 saturated heterocycles. The van der Waals surface area contributed by atoms with Crippen molar-refractivity contribution in [2.24, 2.45) is 5.92 Å². The fourth-order valence-corrected chi connectivity index (χ4v) is 9.81. The van der Waals surface area contributed by atoms with E-state index in [1.807, 2.05) is 26.8 Å². The van der Waals surface area contributed by atoms with E-state index in [1.54, 1.807) is 17.0 Å². The molecule has 5 aliphatic rings. The SMILES string of the molecule is CC(C)(C)OC(=O)N1C[C@@H]2CCCN2c2cc(N3CCC4(CC3)C[C@@H](CC(=O)N[C@H](Cc3ccc(F)c(F)c3)[C@H]3CCOC3)c3ccc(F)cc34)ccc21. The minimum atomic E-state index is -0.900. The van der Waals surface area contributed by atoms with Crippen LogP contribution in [0.1, 0.15) is 88.3 Å². The second-order valence-corrected chi connectivity index (χ2v) is 17.1. The molecule has 4 aliphatic heterocycles. The van der Waals surface area contributed by atoms with Gasteiger partial charge in [-0.2, -0.15) is 0 Å². The highest BCUT2D eigenvalue weighted by Crippen LogP contribution is 2.53. The highest BCUT2D eigenvalue weighted by molar-refractivity contribution is 5.95. The van der Waals surface area contributed by atoms with Crippen molar-refractivity contribution in [1.82, 2.24) is 5.32 Å². The molecule has 288 valence electrons. The Hall–Kier alpha value is -4.25. The van der Waals surface area contributed by atoms with E-state index in [0.29, 0.717) is 31.7 Å². The molecule has 8 nitrogen and oxygen atoms in total. The monoisotopic (exact) mass is 744 g/mol. The number of rotatable bonds is 7. The third-order valence-corrected chi connectivity index (χ3v) is 12.4. The predicted molar refractivity (Wildman–Crippen MR) is 203 cm³/mol. The van der Waals surface area contributed by atoms with Gasteiger partial charge in [-0.3, -0.25) is 9.69 Å². The van der Waals surface area contributed by atoms with E-state index in [-0.39, 0.29) is 53.6 Å². The number of anilines is 3. The Morgan fingerprint density at radius 1 is 0.963 bits per heavy atom. The van der Waals surface area contributed by atoms with Gasteiger partial charge < -0.3 is 24.6 Å². The molecule has 3 aromatic rings. The highest BCUT2D eigenvalue weighted by atomic mass is 19.2. The molecule has 0 bridgehead atoms. The summed E-state index contributed by atoms with van der Waals surface area (Å²) in [4.78, 5) is 33.7. The standard InChI is InChI=1S/C43H51F3N4O4/c1-42(2,3)54-41(52)50-25-32-5-4-15-49(32)39-23-31(8-11-38(39)50)48-16-13-43(14-17-48)24-29(33-9-7-30(44)22-34(33)43)21-40(51)47-37(28-12-18-53-26-28)20-27-6-10-35(45)36(46)19-27/h6-11,19,22-23,28-29,32,37H,4-5,12-18,20-21,24-26H2,1-3H3,(H,47,51)/t28-,29+,32-,37+/m0/s1. The predicted octanol–water partition coefficient (Wildman–Crippen LogP) is 8.01. The molecule has 8 rings (SSSR count). The number of hydrogen-bond acceptors (Lipinski definition) is 6. The number of fused-ring (bicyclic) bond motifs is 5. The lowest BCUT2D eigenvalue weighted by atomic mass is 9.73. The summed E-state index contributed by atoms with van der Waals surface area (Å²) in [7, 11) is 0. The largest absolute Gasteiger partial charge is 0.443 e. The number of benzene rings is 3. The lowest BCUT2D eigenvalue weighted by molar-refractivity contribution is -0.122. The van der Waals surface area contributed by atoms with Gasteiger partial charge >= 0.3 is 6.09 Å². The molecule has 0 saturated carbocycles. The summed E-state index contributed by atoms with van der Waals surface area (Å²) in [6, 6.07) is 15.3. The minimum absolute atomic E-state index is 0.0643. The maximum atomic E-state index is 14.9. The number of carbonyl (C=O) groups is 2. The summed E-state index contributed by atoms with van der Waals surface area (Å²) < 4.78 is 54.0. The Morgan fingerprint density at radius 3 is 2.52 bits per heavy atom. The number of halogens is 3. The van der Waals surface area contributed by atoms with Crippen molar-refractivity contribution in [2.75, 3.05) is 54.1 Å². The molecule has 0 radical (unpaired) electrons. The zero-order valence-electron chi connectivity index (χ0n) is 31.5. The van der Waals surface area contributed by atoms with Gasteiger partial charge in [-0.1, -0.05) is 12.1 Å². The number of hydrogen-bond donors (Lipinski definition) is 1. The second-order valence-electron chi connectivity index (χ2n) is 17.1. The molecule has 4 heterocycles. The highest BCUT2D eigenvalue weighted by Gasteiger charge is 2.47. The Morgan fingerprint density at radius 2 is 1.78 bits per heavy atom. The molecule has 11 heteroatoms. The van der Waals surface area contributed by atoms with Gasteiger partial charge in [-0.15, -0.1) is 0 Å². The van der Waals surface area contributed by atoms with E-state index >= 15 is 0 Å². The number of piperidine rings is 1. The fourth-order valence-electron chi connectivity index (χ4n) is 9.81. The Labute approximate surface area is 316 Å². The summed E-state index contributed by atoms with van der Waals surface area (Å²) in [5.74, 6) is -2.15. The fraction of sp³-hybridized carbons (Fsp3) is 0.535. The minimum Gasteiger partial charge on any atom is -0.443 e. The van der Waals surface area contributed by atoms with Crippen LogP contribution in [0, 0.1) is 23.4 Å². The van der Waals surface area contributed by atoms with Crippen LogP contribution >= 0.6 is 0 Å². The van der Waals surface area contributed by atoms with Crippen LogP contribution < -0.4 is 20.0 Å². The number of amides is 2. The molecule has 0 unspecified atom stereocenters. The first-order valence-corrected chi connectivity index (χ1v) is 19.6. The van der Waals surface area contributed by atoms with Crippen molar-refractivity contribution in [3.05, 3.63) is 88.7 Å². The summed E-state index contributed by atoms with van der Waals surface area (Å²) in [6.45, 7) is 9.93. The number of nitrogens with zero attached hydrogens (tertiary/aromatic N) is 3. The Kier molecular flexibility index (Phi) is 9.81. The zero-order chi connectivity index (χ0) is 37.8. The number of nitrogens with one attached hydrogen (secondary N) is 1. The topological polar surface area (TPSA) is 74.4 Å². The van der Waals surface area contributed by atoms with Gasteiger partial charge in [-0.05, 0) is 136 Å². The molecule has 54 heavy (non-hydrogen) atoms. The van der Waals surface area contributed by atoms with Crippen LogP contribution in [-0.2, 0) is 26.1 Å². The first-order chi connectivity index (χ1) is 25.9. The van der Waals surface area contributed by atoms with E-state index in [0.717, 1.165) is 92.4 Å². The van der Waals surface area contributed by atoms with Crippen LogP contribution in [0.4, 0.5) is 35.0 Å². The second kappa shape index (κ2) is 14.4. The molecule has 0 aromatic heterocycles. The van der Waals surface area contributed by atoms with E-state index in [4.69, 9.17) is 9.47 Å². The van der Waals surface area contributed by atoms with Crippen molar-refractivity contribution < 1.29 is 32.2 Å². The Balaban J connectivity index is 0.974. The van der Waals surface area contributed by atoms with Crippen LogP contribution in [0.15, 0.2) is 54.6 Å². The number of carbonyl (C=O) groups excluding carboxylic acids is 2. The van der Waals surface area contributed by atoms with Crippen molar-refractivity contribution in [3.8, 4) is 0 Å². The average Bonchev–Trinajstić information content (AvgIpc) is 3.90. The van der Waals surface area contributed by atoms with Crippen LogP contribution in [0.2, 0.25) is 0 Å². The van der Waals surface area contributed by atoms with E-state index in [9.17, 15) is 22.8 Å². The van der Waals surface area contributed by atoms with Gasteiger partial charge in [0.15, 0.2) is 11.6 Å². The van der Waals surface area contributed by atoms with Crippen molar-refractivity contribution in [1.29, 1.82) is 0 Å². The van der Waals surface area contributed by atoms with Gasteiger partial charge in [0.2, 0.25) is 5.91 Å². The normalized spacial score (nSPS) is 23.6. The molecule has 4 atom stereocenters. The third-order valence-electron chi connectivity index (χ3n) is 12.4. The smallest absolute Gasteiger partial charge is 0.414 e.